The topological polar surface area (TPSA) is 68.5 Å². The van der Waals surface area contributed by atoms with Crippen LogP contribution in [0.2, 0.25) is 0 Å². The molecule has 0 saturated carbocycles. The lowest BCUT2D eigenvalue weighted by Gasteiger charge is -2.13. The molecule has 132 valence electrons. The fraction of sp³-hybridized carbons (Fsp3) is 0.200. The number of ether oxygens (including phenoxy) is 1. The van der Waals surface area contributed by atoms with E-state index in [1.54, 1.807) is 17.0 Å². The van der Waals surface area contributed by atoms with Gasteiger partial charge in [-0.15, -0.1) is 0 Å². The number of nitrogens with zero attached hydrogens (tertiary/aromatic N) is 2. The molecule has 3 aromatic rings. The lowest BCUT2D eigenvalue weighted by molar-refractivity contribution is 0.0787. The van der Waals surface area contributed by atoms with Crippen LogP contribution in [0.5, 0.6) is 5.75 Å². The van der Waals surface area contributed by atoms with Gasteiger partial charge in [0.25, 0.3) is 5.91 Å². The lowest BCUT2D eigenvalue weighted by Crippen LogP contribution is -2.23. The maximum Gasteiger partial charge on any atom is 0.258 e. The Hall–Kier alpha value is -3.15. The number of halogens is 1. The Bertz CT molecular complexity index is 1050. The van der Waals surface area contributed by atoms with Crippen molar-refractivity contribution in [2.75, 3.05) is 19.4 Å². The Morgan fingerprint density at radius 3 is 2.69 bits per heavy atom. The number of nitrogen functional groups attached to an aromatic ring is 1. The van der Waals surface area contributed by atoms with Crippen molar-refractivity contribution < 1.29 is 13.9 Å². The normalized spacial score (nSPS) is 13.3. The molecule has 0 unspecified atom stereocenters. The maximum atomic E-state index is 14.2. The van der Waals surface area contributed by atoms with E-state index in [2.05, 4.69) is 0 Å². The second-order valence-corrected chi connectivity index (χ2v) is 6.19. The summed E-state index contributed by atoms with van der Waals surface area (Å²) in [4.78, 5) is 19.0. The van der Waals surface area contributed by atoms with E-state index in [-0.39, 0.29) is 11.7 Å². The van der Waals surface area contributed by atoms with E-state index < -0.39 is 5.82 Å². The Morgan fingerprint density at radius 2 is 1.96 bits per heavy atom. The van der Waals surface area contributed by atoms with Crippen LogP contribution in [-0.4, -0.2) is 29.4 Å². The lowest BCUT2D eigenvalue weighted by atomic mass is 9.98. The number of anilines is 1. The minimum atomic E-state index is -0.441. The molecule has 0 fully saturated rings. The predicted octanol–water partition coefficient (Wildman–Crippen LogP) is 3.61. The van der Waals surface area contributed by atoms with Crippen LogP contribution >= 0.6 is 0 Å². The minimum Gasteiger partial charge on any atom is -0.493 e. The summed E-state index contributed by atoms with van der Waals surface area (Å²) in [5.74, 6) is -0.376. The summed E-state index contributed by atoms with van der Waals surface area (Å²) in [5, 5.41) is 0.680. The second-order valence-electron chi connectivity index (χ2n) is 6.19. The van der Waals surface area contributed by atoms with Crippen LogP contribution in [0, 0.1) is 5.82 Å². The largest absolute Gasteiger partial charge is 0.493 e. The fourth-order valence-electron chi connectivity index (χ4n) is 3.53. The van der Waals surface area contributed by atoms with Gasteiger partial charge < -0.3 is 15.4 Å². The highest BCUT2D eigenvalue weighted by Crippen LogP contribution is 2.39. The van der Waals surface area contributed by atoms with E-state index in [9.17, 15) is 9.18 Å². The van der Waals surface area contributed by atoms with Crippen molar-refractivity contribution in [3.8, 4) is 16.9 Å². The number of hydrogen-bond donors (Lipinski definition) is 1. The minimum absolute atomic E-state index is 0.0943. The highest BCUT2D eigenvalue weighted by Gasteiger charge is 2.31. The molecule has 0 saturated heterocycles. The van der Waals surface area contributed by atoms with Crippen LogP contribution in [-0.2, 0) is 6.54 Å². The summed E-state index contributed by atoms with van der Waals surface area (Å²) < 4.78 is 19.4. The number of hydrogen-bond acceptors (Lipinski definition) is 4. The average Bonchev–Trinajstić information content (AvgIpc) is 2.97. The molecule has 2 aromatic carbocycles. The van der Waals surface area contributed by atoms with Gasteiger partial charge in [0.2, 0.25) is 0 Å². The van der Waals surface area contributed by atoms with Gasteiger partial charge in [0.05, 0.1) is 36.1 Å². The number of rotatable bonds is 3. The molecule has 4 rings (SSSR count). The molecule has 1 aliphatic rings. The smallest absolute Gasteiger partial charge is 0.258 e. The highest BCUT2D eigenvalue weighted by atomic mass is 19.1. The molecule has 5 nitrogen and oxygen atoms in total. The highest BCUT2D eigenvalue weighted by molar-refractivity contribution is 6.11. The zero-order valence-electron chi connectivity index (χ0n) is 14.5. The molecule has 6 heteroatoms. The Labute approximate surface area is 150 Å². The molecule has 1 amide bonds. The summed E-state index contributed by atoms with van der Waals surface area (Å²) in [7, 11) is 1.43. The summed E-state index contributed by atoms with van der Waals surface area (Å²) in [6.07, 6.45) is 0. The van der Waals surface area contributed by atoms with Crippen molar-refractivity contribution in [3.05, 3.63) is 53.5 Å². The van der Waals surface area contributed by atoms with Crippen molar-refractivity contribution in [1.82, 2.24) is 9.88 Å². The molecule has 0 atom stereocenters. The van der Waals surface area contributed by atoms with Gasteiger partial charge in [-0.3, -0.25) is 4.79 Å². The van der Waals surface area contributed by atoms with Crippen LogP contribution in [0.4, 0.5) is 10.1 Å². The number of carbonyl (C=O) groups excluding carboxylic acids is 1. The first-order valence-electron chi connectivity index (χ1n) is 8.40. The van der Waals surface area contributed by atoms with Crippen molar-refractivity contribution in [2.45, 2.75) is 13.5 Å². The van der Waals surface area contributed by atoms with Crippen molar-refractivity contribution in [1.29, 1.82) is 0 Å². The number of carbonyl (C=O) groups is 1. The van der Waals surface area contributed by atoms with Gasteiger partial charge in [-0.25, -0.2) is 9.37 Å². The number of methoxy groups -OCH3 is 1. The van der Waals surface area contributed by atoms with Crippen LogP contribution in [0.25, 0.3) is 22.0 Å². The van der Waals surface area contributed by atoms with E-state index >= 15 is 0 Å². The van der Waals surface area contributed by atoms with E-state index in [0.717, 1.165) is 5.56 Å². The van der Waals surface area contributed by atoms with Gasteiger partial charge in [-0.1, -0.05) is 30.3 Å². The van der Waals surface area contributed by atoms with Gasteiger partial charge in [-0.05, 0) is 13.0 Å². The number of nitrogens with two attached hydrogens (primary N) is 1. The zero-order valence-corrected chi connectivity index (χ0v) is 14.5. The van der Waals surface area contributed by atoms with Crippen molar-refractivity contribution >= 4 is 22.5 Å². The van der Waals surface area contributed by atoms with E-state index in [1.165, 1.54) is 13.2 Å². The quantitative estimate of drug-likeness (QED) is 0.783. The summed E-state index contributed by atoms with van der Waals surface area (Å²) in [6.45, 7) is 2.94. The molecule has 0 spiro atoms. The van der Waals surface area contributed by atoms with Crippen LogP contribution in [0.1, 0.15) is 23.0 Å². The standard InChI is InChI=1S/C20H18FN3O2/c1-3-24-10-15-16(20(24)25)17(22)13-8-4-6-11(18(13)23-15)12-7-5-9-14(21)19(12)26-2/h4-9H,3,10H2,1-2H3,(H2,22,23). The third kappa shape index (κ3) is 2.22. The molecule has 1 aromatic heterocycles. The number of amides is 1. The van der Waals surface area contributed by atoms with Crippen LogP contribution in [0.15, 0.2) is 36.4 Å². The number of benzene rings is 2. The molecule has 2 N–H and O–H groups in total. The van der Waals surface area contributed by atoms with Gasteiger partial charge in [0.1, 0.15) is 0 Å². The average molecular weight is 351 g/mol. The zero-order chi connectivity index (χ0) is 18.4. The van der Waals surface area contributed by atoms with Gasteiger partial charge >= 0.3 is 0 Å². The van der Waals surface area contributed by atoms with Gasteiger partial charge in [-0.2, -0.15) is 0 Å². The van der Waals surface area contributed by atoms with Crippen molar-refractivity contribution in [3.63, 3.8) is 0 Å². The molecular formula is C20H18FN3O2. The van der Waals surface area contributed by atoms with Gasteiger partial charge in [0, 0.05) is 23.1 Å². The monoisotopic (exact) mass is 351 g/mol. The van der Waals surface area contributed by atoms with Crippen LogP contribution < -0.4 is 10.5 Å². The third-order valence-electron chi connectivity index (χ3n) is 4.82. The maximum absolute atomic E-state index is 14.2. The summed E-state index contributed by atoms with van der Waals surface area (Å²) in [5.41, 5.74) is 9.84. The first-order chi connectivity index (χ1) is 12.6. The molecule has 0 bridgehead atoms. The van der Waals surface area contributed by atoms with E-state index in [1.807, 2.05) is 25.1 Å². The SMILES string of the molecule is CCN1Cc2nc3c(-c4cccc(F)c4OC)cccc3c(N)c2C1=O. The second kappa shape index (κ2) is 5.98. The molecule has 2 heterocycles. The van der Waals surface area contributed by atoms with Crippen LogP contribution in [0.3, 0.4) is 0 Å². The van der Waals surface area contributed by atoms with E-state index in [4.69, 9.17) is 15.5 Å². The van der Waals surface area contributed by atoms with E-state index in [0.29, 0.717) is 46.5 Å². The fourth-order valence-corrected chi connectivity index (χ4v) is 3.53. The predicted molar refractivity (Wildman–Crippen MR) is 98.5 cm³/mol. The molecular weight excluding hydrogens is 333 g/mol. The third-order valence-corrected chi connectivity index (χ3v) is 4.82. The van der Waals surface area contributed by atoms with Gasteiger partial charge in [0.15, 0.2) is 11.6 Å². The van der Waals surface area contributed by atoms with Crippen molar-refractivity contribution in [2.24, 2.45) is 0 Å². The summed E-state index contributed by atoms with van der Waals surface area (Å²) in [6, 6.07) is 10.3. The Balaban J connectivity index is 2.02. The number of fused-ring (bicyclic) bond motifs is 2. The number of aromatic nitrogens is 1. The molecule has 26 heavy (non-hydrogen) atoms. The Morgan fingerprint density at radius 1 is 1.23 bits per heavy atom. The summed E-state index contributed by atoms with van der Waals surface area (Å²) >= 11 is 0. The number of pyridine rings is 1. The number of para-hydroxylation sites is 2. The first kappa shape index (κ1) is 16.3. The molecule has 0 aliphatic carbocycles. The first-order valence-corrected chi connectivity index (χ1v) is 8.40. The molecule has 1 aliphatic heterocycles. The molecule has 0 radical (unpaired) electrons. The Kier molecular flexibility index (Phi) is 3.76.